The highest BCUT2D eigenvalue weighted by molar-refractivity contribution is 5.70. The minimum absolute atomic E-state index is 0.111. The largest absolute Gasteiger partial charge is 0.481 e. The first-order valence-corrected chi connectivity index (χ1v) is 7.07. The van der Waals surface area contributed by atoms with E-state index >= 15 is 0 Å². The Morgan fingerprint density at radius 1 is 1.32 bits per heavy atom. The summed E-state index contributed by atoms with van der Waals surface area (Å²) in [5.41, 5.74) is 2.53. The van der Waals surface area contributed by atoms with Crippen molar-refractivity contribution in [2.75, 3.05) is 18.5 Å². The van der Waals surface area contributed by atoms with Crippen molar-refractivity contribution >= 4 is 11.7 Å². The minimum atomic E-state index is -0.620. The lowest BCUT2D eigenvalue weighted by atomic mass is 9.82. The number of hydrogen-bond donors (Lipinski definition) is 1. The van der Waals surface area contributed by atoms with Gasteiger partial charge in [-0.15, -0.1) is 0 Å². The molecule has 1 aromatic carbocycles. The monoisotopic (exact) mass is 261 g/mol. The average Bonchev–Trinajstić information content (AvgIpc) is 2.39. The Morgan fingerprint density at radius 2 is 2.00 bits per heavy atom. The normalized spacial score (nSPS) is 23.1. The van der Waals surface area contributed by atoms with E-state index in [4.69, 9.17) is 5.11 Å². The number of hydrogen-bond acceptors (Lipinski definition) is 2. The van der Waals surface area contributed by atoms with Gasteiger partial charge in [-0.25, -0.2) is 0 Å². The van der Waals surface area contributed by atoms with Crippen molar-refractivity contribution < 1.29 is 9.90 Å². The molecule has 1 aliphatic rings. The van der Waals surface area contributed by atoms with Crippen molar-refractivity contribution in [3.63, 3.8) is 0 Å². The highest BCUT2D eigenvalue weighted by Gasteiger charge is 2.26. The van der Waals surface area contributed by atoms with Crippen LogP contribution in [0.25, 0.3) is 0 Å². The molecule has 2 rings (SSSR count). The van der Waals surface area contributed by atoms with Gasteiger partial charge < -0.3 is 10.0 Å². The molecule has 0 aliphatic heterocycles. The topological polar surface area (TPSA) is 40.5 Å². The molecule has 1 fully saturated rings. The molecule has 0 radical (unpaired) electrons. The molecule has 0 bridgehead atoms. The number of aliphatic carboxylic acids is 1. The van der Waals surface area contributed by atoms with Gasteiger partial charge in [-0.3, -0.25) is 4.79 Å². The van der Waals surface area contributed by atoms with Crippen LogP contribution in [0.15, 0.2) is 24.3 Å². The van der Waals surface area contributed by atoms with Gasteiger partial charge in [0.25, 0.3) is 0 Å². The molecule has 0 saturated heterocycles. The van der Waals surface area contributed by atoms with Crippen LogP contribution in [0.4, 0.5) is 5.69 Å². The van der Waals surface area contributed by atoms with Gasteiger partial charge in [0.15, 0.2) is 0 Å². The Labute approximate surface area is 115 Å². The number of carboxylic acid groups (broad SMARTS) is 1. The first-order chi connectivity index (χ1) is 9.06. The third-order valence-corrected chi connectivity index (χ3v) is 4.17. The van der Waals surface area contributed by atoms with Crippen LogP contribution in [-0.4, -0.2) is 24.7 Å². The molecule has 1 aliphatic carbocycles. The maximum atomic E-state index is 10.9. The molecule has 1 aromatic rings. The fraction of sp³-hybridized carbons (Fsp3) is 0.562. The highest BCUT2D eigenvalue weighted by atomic mass is 16.4. The van der Waals surface area contributed by atoms with E-state index in [-0.39, 0.29) is 5.92 Å². The molecule has 3 nitrogen and oxygen atoms in total. The molecular weight excluding hydrogens is 238 g/mol. The highest BCUT2D eigenvalue weighted by Crippen LogP contribution is 2.30. The number of carbonyl (C=O) groups is 1. The van der Waals surface area contributed by atoms with Gasteiger partial charge in [0, 0.05) is 19.3 Å². The lowest BCUT2D eigenvalue weighted by Gasteiger charge is -2.30. The smallest absolute Gasteiger partial charge is 0.306 e. The van der Waals surface area contributed by atoms with Gasteiger partial charge in [0.1, 0.15) is 0 Å². The van der Waals surface area contributed by atoms with Crippen LogP contribution in [0.2, 0.25) is 0 Å². The molecule has 0 heterocycles. The third kappa shape index (κ3) is 3.72. The number of rotatable bonds is 4. The molecule has 0 amide bonds. The quantitative estimate of drug-likeness (QED) is 0.904. The SMILES string of the molecule is Cc1cccc(N(C)CC2CCC(C(=O)O)CC2)c1. The first kappa shape index (κ1) is 13.9. The summed E-state index contributed by atoms with van der Waals surface area (Å²) in [4.78, 5) is 13.2. The number of benzene rings is 1. The molecule has 0 aromatic heterocycles. The lowest BCUT2D eigenvalue weighted by molar-refractivity contribution is -0.143. The Bertz CT molecular complexity index is 436. The van der Waals surface area contributed by atoms with Gasteiger partial charge in [0.2, 0.25) is 0 Å². The first-order valence-electron chi connectivity index (χ1n) is 7.07. The van der Waals surface area contributed by atoms with E-state index in [9.17, 15) is 4.79 Å². The van der Waals surface area contributed by atoms with Crippen LogP contribution >= 0.6 is 0 Å². The fourth-order valence-electron chi connectivity index (χ4n) is 2.95. The van der Waals surface area contributed by atoms with Gasteiger partial charge in [-0.05, 0) is 56.2 Å². The number of anilines is 1. The van der Waals surface area contributed by atoms with Gasteiger partial charge >= 0.3 is 5.97 Å². The third-order valence-electron chi connectivity index (χ3n) is 4.17. The molecule has 0 unspecified atom stereocenters. The second kappa shape index (κ2) is 6.09. The maximum Gasteiger partial charge on any atom is 0.306 e. The van der Waals surface area contributed by atoms with Crippen LogP contribution in [0.1, 0.15) is 31.2 Å². The van der Waals surface area contributed by atoms with E-state index in [1.807, 2.05) is 0 Å². The maximum absolute atomic E-state index is 10.9. The Balaban J connectivity index is 1.87. The van der Waals surface area contributed by atoms with E-state index in [2.05, 4.69) is 43.1 Å². The summed E-state index contributed by atoms with van der Waals surface area (Å²) in [6.07, 6.45) is 3.74. The second-order valence-electron chi connectivity index (χ2n) is 5.78. The van der Waals surface area contributed by atoms with E-state index in [0.29, 0.717) is 5.92 Å². The van der Waals surface area contributed by atoms with E-state index in [0.717, 1.165) is 32.2 Å². The predicted molar refractivity (Wildman–Crippen MR) is 77.5 cm³/mol. The summed E-state index contributed by atoms with van der Waals surface area (Å²) in [5.74, 6) is -0.105. The average molecular weight is 261 g/mol. The van der Waals surface area contributed by atoms with Crippen molar-refractivity contribution in [3.8, 4) is 0 Å². The number of carboxylic acids is 1. The van der Waals surface area contributed by atoms with Crippen LogP contribution in [-0.2, 0) is 4.79 Å². The fourth-order valence-corrected chi connectivity index (χ4v) is 2.95. The number of aryl methyl sites for hydroxylation is 1. The zero-order valence-electron chi connectivity index (χ0n) is 11.8. The van der Waals surface area contributed by atoms with E-state index in [1.165, 1.54) is 11.3 Å². The molecule has 1 N–H and O–H groups in total. The predicted octanol–water partition coefficient (Wildman–Crippen LogP) is 3.32. The van der Waals surface area contributed by atoms with Crippen molar-refractivity contribution in [2.24, 2.45) is 11.8 Å². The molecular formula is C16H23NO2. The summed E-state index contributed by atoms with van der Waals surface area (Å²) < 4.78 is 0. The van der Waals surface area contributed by atoms with E-state index < -0.39 is 5.97 Å². The van der Waals surface area contributed by atoms with Gasteiger partial charge in [-0.2, -0.15) is 0 Å². The van der Waals surface area contributed by atoms with Crippen LogP contribution in [0.3, 0.4) is 0 Å². The Hall–Kier alpha value is -1.51. The molecule has 104 valence electrons. The van der Waals surface area contributed by atoms with Crippen LogP contribution in [0.5, 0.6) is 0 Å². The van der Waals surface area contributed by atoms with Crippen molar-refractivity contribution in [2.45, 2.75) is 32.6 Å². The summed E-state index contributed by atoms with van der Waals surface area (Å²) in [6.45, 7) is 3.13. The summed E-state index contributed by atoms with van der Waals surface area (Å²) in [5, 5.41) is 9.00. The summed E-state index contributed by atoms with van der Waals surface area (Å²) >= 11 is 0. The molecule has 0 spiro atoms. The van der Waals surface area contributed by atoms with Crippen LogP contribution < -0.4 is 4.90 Å². The van der Waals surface area contributed by atoms with Crippen molar-refractivity contribution in [1.82, 2.24) is 0 Å². The summed E-state index contributed by atoms with van der Waals surface area (Å²) in [7, 11) is 2.12. The molecule has 1 saturated carbocycles. The Morgan fingerprint density at radius 3 is 2.58 bits per heavy atom. The zero-order valence-corrected chi connectivity index (χ0v) is 11.8. The molecule has 3 heteroatoms. The second-order valence-corrected chi connectivity index (χ2v) is 5.78. The van der Waals surface area contributed by atoms with Crippen molar-refractivity contribution in [1.29, 1.82) is 0 Å². The Kier molecular flexibility index (Phi) is 4.46. The molecule has 0 atom stereocenters. The lowest BCUT2D eigenvalue weighted by Crippen LogP contribution is -2.30. The van der Waals surface area contributed by atoms with E-state index in [1.54, 1.807) is 0 Å². The zero-order chi connectivity index (χ0) is 13.8. The van der Waals surface area contributed by atoms with Crippen LogP contribution in [0, 0.1) is 18.8 Å². The number of nitrogens with zero attached hydrogens (tertiary/aromatic N) is 1. The standard InChI is InChI=1S/C16H23NO2/c1-12-4-3-5-15(10-12)17(2)11-13-6-8-14(9-7-13)16(18)19/h3-5,10,13-14H,6-9,11H2,1-2H3,(H,18,19). The van der Waals surface area contributed by atoms with Gasteiger partial charge in [0.05, 0.1) is 5.92 Å². The molecule has 19 heavy (non-hydrogen) atoms. The minimum Gasteiger partial charge on any atom is -0.481 e. The summed E-state index contributed by atoms with van der Waals surface area (Å²) in [6, 6.07) is 8.52. The van der Waals surface area contributed by atoms with Gasteiger partial charge in [-0.1, -0.05) is 12.1 Å². The van der Waals surface area contributed by atoms with Crippen molar-refractivity contribution in [3.05, 3.63) is 29.8 Å².